The van der Waals surface area contributed by atoms with Gasteiger partial charge in [0.05, 0.1) is 41.7 Å². The van der Waals surface area contributed by atoms with Gasteiger partial charge in [-0.2, -0.15) is 4.31 Å². The molecular weight excluding hydrogens is 568 g/mol. The number of sulfonamides is 1. The van der Waals surface area contributed by atoms with Gasteiger partial charge in [0.25, 0.3) is 0 Å². The maximum absolute atomic E-state index is 13.4. The molecule has 13 heteroatoms. The second-order valence-corrected chi connectivity index (χ2v) is 15.6. The summed E-state index contributed by atoms with van der Waals surface area (Å²) in [6.07, 6.45) is 5.77. The maximum Gasteiger partial charge on any atom is 0.244 e. The Labute approximate surface area is 242 Å². The molecule has 1 atom stereocenters. The van der Waals surface area contributed by atoms with Crippen LogP contribution in [0.3, 0.4) is 0 Å². The van der Waals surface area contributed by atoms with Crippen molar-refractivity contribution >= 4 is 25.5 Å². The van der Waals surface area contributed by atoms with Gasteiger partial charge in [0.15, 0.2) is 9.84 Å². The normalized spacial score (nSPS) is 22.9. The highest BCUT2D eigenvalue weighted by atomic mass is 32.2. The highest BCUT2D eigenvalue weighted by molar-refractivity contribution is 7.92. The molecule has 3 aliphatic heterocycles. The zero-order chi connectivity index (χ0) is 28.7. The molecule has 41 heavy (non-hydrogen) atoms. The third kappa shape index (κ3) is 6.05. The first-order valence-electron chi connectivity index (χ1n) is 14.3. The molecule has 224 valence electrons. The topological polar surface area (TPSA) is 127 Å². The van der Waals surface area contributed by atoms with Crippen LogP contribution in [-0.2, 0) is 24.6 Å². The van der Waals surface area contributed by atoms with Crippen molar-refractivity contribution in [2.75, 3.05) is 57.9 Å². The molecule has 1 aliphatic carbocycles. The van der Waals surface area contributed by atoms with Crippen molar-refractivity contribution in [3.63, 3.8) is 0 Å². The third-order valence-electron chi connectivity index (χ3n) is 8.48. The lowest BCUT2D eigenvalue weighted by molar-refractivity contribution is -0.0311. The van der Waals surface area contributed by atoms with Crippen molar-refractivity contribution in [1.29, 1.82) is 0 Å². The minimum Gasteiger partial charge on any atom is -0.494 e. The van der Waals surface area contributed by atoms with Crippen LogP contribution in [0.15, 0.2) is 46.3 Å². The summed E-state index contributed by atoms with van der Waals surface area (Å²) in [5, 5.41) is 3.30. The van der Waals surface area contributed by atoms with E-state index < -0.39 is 19.9 Å². The van der Waals surface area contributed by atoms with E-state index in [-0.39, 0.29) is 21.8 Å². The SMILES string of the molecule is CN1CCOc2ncc(S(=O)(=O)N3CCC4(CC3)C[C@@H](NCCCOc3cccc(S(=O)(=O)C5CC5)c3)CO4)cc21. The average Bonchev–Trinajstić information content (AvgIpc) is 3.77. The number of anilines is 1. The molecule has 0 unspecified atom stereocenters. The molecule has 0 amide bonds. The van der Waals surface area contributed by atoms with Crippen LogP contribution in [0.4, 0.5) is 5.69 Å². The van der Waals surface area contributed by atoms with Gasteiger partial charge in [-0.3, -0.25) is 0 Å². The van der Waals surface area contributed by atoms with E-state index in [0.717, 1.165) is 32.2 Å². The average molecular weight is 607 g/mol. The largest absolute Gasteiger partial charge is 0.494 e. The second-order valence-electron chi connectivity index (χ2n) is 11.4. The molecule has 3 fully saturated rings. The molecule has 0 bridgehead atoms. The van der Waals surface area contributed by atoms with Crippen molar-refractivity contribution in [2.24, 2.45) is 0 Å². The fraction of sp³-hybridized carbons (Fsp3) is 0.607. The summed E-state index contributed by atoms with van der Waals surface area (Å²) in [4.78, 5) is 6.74. The van der Waals surface area contributed by atoms with Gasteiger partial charge in [-0.05, 0) is 69.3 Å². The Morgan fingerprint density at radius 2 is 1.90 bits per heavy atom. The molecule has 4 aliphatic rings. The Bertz CT molecular complexity index is 1470. The summed E-state index contributed by atoms with van der Waals surface area (Å²) in [5.74, 6) is 1.04. The summed E-state index contributed by atoms with van der Waals surface area (Å²) in [6, 6.07) is 8.63. The first kappa shape index (κ1) is 28.7. The molecule has 0 radical (unpaired) electrons. The minimum atomic E-state index is -3.66. The maximum atomic E-state index is 13.4. The first-order chi connectivity index (χ1) is 19.7. The highest BCUT2D eigenvalue weighted by Crippen LogP contribution is 2.38. The highest BCUT2D eigenvalue weighted by Gasteiger charge is 2.45. The van der Waals surface area contributed by atoms with Gasteiger partial charge in [-0.15, -0.1) is 0 Å². The number of aromatic nitrogens is 1. The number of hydrogen-bond donors (Lipinski definition) is 1. The lowest BCUT2D eigenvalue weighted by Gasteiger charge is -2.38. The van der Waals surface area contributed by atoms with Crippen LogP contribution >= 0.6 is 0 Å². The van der Waals surface area contributed by atoms with Gasteiger partial charge >= 0.3 is 0 Å². The smallest absolute Gasteiger partial charge is 0.244 e. The molecule has 1 aromatic carbocycles. The van der Waals surface area contributed by atoms with E-state index >= 15 is 0 Å². The Balaban J connectivity index is 0.948. The predicted molar refractivity (Wildman–Crippen MR) is 153 cm³/mol. The van der Waals surface area contributed by atoms with Gasteiger partial charge in [0.2, 0.25) is 15.9 Å². The Morgan fingerprint density at radius 3 is 2.68 bits per heavy atom. The van der Waals surface area contributed by atoms with Crippen LogP contribution in [-0.4, -0.2) is 96.1 Å². The number of sulfone groups is 1. The van der Waals surface area contributed by atoms with Crippen molar-refractivity contribution in [3.8, 4) is 11.6 Å². The molecule has 11 nitrogen and oxygen atoms in total. The molecular formula is C28H38N4O7S2. The van der Waals surface area contributed by atoms with Crippen LogP contribution in [0.1, 0.15) is 38.5 Å². The molecule has 2 saturated heterocycles. The van der Waals surface area contributed by atoms with Gasteiger partial charge in [-0.1, -0.05) is 6.07 Å². The van der Waals surface area contributed by atoms with E-state index in [9.17, 15) is 16.8 Å². The zero-order valence-corrected chi connectivity index (χ0v) is 25.0. The number of piperidine rings is 1. The third-order valence-corrected chi connectivity index (χ3v) is 12.6. The molecule has 1 saturated carbocycles. The summed E-state index contributed by atoms with van der Waals surface area (Å²) in [7, 11) is -4.99. The van der Waals surface area contributed by atoms with Crippen molar-refractivity contribution in [3.05, 3.63) is 36.5 Å². The zero-order valence-electron chi connectivity index (χ0n) is 23.3. The predicted octanol–water partition coefficient (Wildman–Crippen LogP) is 2.22. The lowest BCUT2D eigenvalue weighted by atomic mass is 9.88. The number of ether oxygens (including phenoxy) is 3. The van der Waals surface area contributed by atoms with E-state index in [0.29, 0.717) is 74.5 Å². The van der Waals surface area contributed by atoms with Crippen LogP contribution in [0.25, 0.3) is 0 Å². The molecule has 1 aromatic heterocycles. The van der Waals surface area contributed by atoms with Crippen LogP contribution < -0.4 is 19.7 Å². The molecule has 6 rings (SSSR count). The summed E-state index contributed by atoms with van der Waals surface area (Å²) >= 11 is 0. The molecule has 4 heterocycles. The number of rotatable bonds is 10. The van der Waals surface area contributed by atoms with Crippen LogP contribution in [0.5, 0.6) is 11.6 Å². The van der Waals surface area contributed by atoms with Crippen molar-refractivity contribution in [1.82, 2.24) is 14.6 Å². The summed E-state index contributed by atoms with van der Waals surface area (Å²) in [6.45, 7) is 3.84. The lowest BCUT2D eigenvalue weighted by Crippen LogP contribution is -2.47. The van der Waals surface area contributed by atoms with E-state index in [4.69, 9.17) is 14.2 Å². The quantitative estimate of drug-likeness (QED) is 0.402. The van der Waals surface area contributed by atoms with E-state index in [2.05, 4.69) is 10.3 Å². The number of hydrogen-bond acceptors (Lipinski definition) is 10. The minimum absolute atomic E-state index is 0.190. The van der Waals surface area contributed by atoms with Gasteiger partial charge in [-0.25, -0.2) is 21.8 Å². The number of benzene rings is 1. The van der Waals surface area contributed by atoms with Gasteiger partial charge in [0.1, 0.15) is 22.9 Å². The monoisotopic (exact) mass is 606 g/mol. The van der Waals surface area contributed by atoms with E-state index in [1.165, 1.54) is 10.5 Å². The van der Waals surface area contributed by atoms with Crippen LogP contribution in [0.2, 0.25) is 0 Å². The van der Waals surface area contributed by atoms with Crippen molar-refractivity contribution < 1.29 is 31.0 Å². The van der Waals surface area contributed by atoms with E-state index in [1.54, 1.807) is 30.3 Å². The Hall–Kier alpha value is -2.45. The molecule has 1 spiro atoms. The number of pyridine rings is 1. The summed E-state index contributed by atoms with van der Waals surface area (Å²) < 4.78 is 70.9. The fourth-order valence-electron chi connectivity index (χ4n) is 5.83. The number of nitrogens with zero attached hydrogens (tertiary/aromatic N) is 3. The Morgan fingerprint density at radius 1 is 1.10 bits per heavy atom. The summed E-state index contributed by atoms with van der Waals surface area (Å²) in [5.41, 5.74) is 0.384. The van der Waals surface area contributed by atoms with Gasteiger partial charge in [0, 0.05) is 26.2 Å². The number of likely N-dealkylation sites (N-methyl/N-ethyl adjacent to an activating group) is 1. The molecule has 2 aromatic rings. The molecule has 1 N–H and O–H groups in total. The standard InChI is InChI=1S/C28H38N4O7S2/c1-31-13-15-38-27-26(31)17-25(19-30-27)41(35,36)32-11-8-28(9-12-32)18-21(20-39-28)29-10-3-14-37-22-4-2-5-24(16-22)40(33,34)23-6-7-23/h2,4-5,16-17,19,21,23,29H,3,6-15,18,20H2,1H3/t21-/m1/s1. The van der Waals surface area contributed by atoms with Gasteiger partial charge < -0.3 is 24.4 Å². The number of fused-ring (bicyclic) bond motifs is 1. The van der Waals surface area contributed by atoms with E-state index in [1.807, 2.05) is 11.9 Å². The van der Waals surface area contributed by atoms with Crippen molar-refractivity contribution in [2.45, 2.75) is 65.2 Å². The first-order valence-corrected chi connectivity index (χ1v) is 17.3. The Kier molecular flexibility index (Phi) is 7.92. The number of nitrogens with one attached hydrogen (secondary N) is 1. The second kappa shape index (κ2) is 11.3. The fourth-order valence-corrected chi connectivity index (χ4v) is 8.93. The van der Waals surface area contributed by atoms with Crippen LogP contribution in [0, 0.1) is 0 Å².